The molecule has 0 aliphatic carbocycles. The van der Waals surface area contributed by atoms with Crippen molar-refractivity contribution >= 4 is 84.1 Å². The van der Waals surface area contributed by atoms with E-state index in [-0.39, 0.29) is 18.3 Å². The summed E-state index contributed by atoms with van der Waals surface area (Å²) in [4.78, 5) is 21.5. The molecular formula is C18H17BrCl3N3OS. The quantitative estimate of drug-likeness (QED) is 0.424. The van der Waals surface area contributed by atoms with Crippen LogP contribution in [0.4, 0.5) is 5.13 Å². The fourth-order valence-electron chi connectivity index (χ4n) is 2.39. The Kier molecular flexibility index (Phi) is 7.92. The van der Waals surface area contributed by atoms with Crippen molar-refractivity contribution in [3.05, 3.63) is 56.5 Å². The second kappa shape index (κ2) is 9.54. The monoisotopic (exact) mass is 507 g/mol. The third-order valence-corrected chi connectivity index (χ3v) is 5.83. The molecular weight excluding hydrogens is 493 g/mol. The van der Waals surface area contributed by atoms with Gasteiger partial charge in [-0.2, -0.15) is 0 Å². The van der Waals surface area contributed by atoms with Crippen molar-refractivity contribution in [3.8, 4) is 0 Å². The zero-order chi connectivity index (χ0) is 18.8. The van der Waals surface area contributed by atoms with Crippen molar-refractivity contribution in [2.45, 2.75) is 0 Å². The fraction of sp³-hybridized carbons (Fsp3) is 0.222. The molecule has 27 heavy (non-hydrogen) atoms. The van der Waals surface area contributed by atoms with Gasteiger partial charge in [-0.15, -0.1) is 12.4 Å². The van der Waals surface area contributed by atoms with Gasteiger partial charge in [0.2, 0.25) is 0 Å². The van der Waals surface area contributed by atoms with Gasteiger partial charge in [0.15, 0.2) is 5.13 Å². The number of amides is 1. The van der Waals surface area contributed by atoms with Crippen LogP contribution < -0.4 is 4.90 Å². The number of hydrogen-bond donors (Lipinski definition) is 0. The van der Waals surface area contributed by atoms with Crippen LogP contribution in [0.2, 0.25) is 10.0 Å². The first-order valence-electron chi connectivity index (χ1n) is 7.83. The minimum absolute atomic E-state index is 0. The second-order valence-corrected chi connectivity index (χ2v) is 8.76. The molecule has 3 aromatic rings. The van der Waals surface area contributed by atoms with Gasteiger partial charge in [0.05, 0.1) is 20.8 Å². The highest BCUT2D eigenvalue weighted by atomic mass is 79.9. The average molecular weight is 510 g/mol. The highest BCUT2D eigenvalue weighted by Gasteiger charge is 2.23. The number of likely N-dealkylation sites (N-methyl/N-ethyl adjacent to an activating group) is 1. The number of fused-ring (bicyclic) bond motifs is 1. The van der Waals surface area contributed by atoms with Gasteiger partial charge < -0.3 is 4.90 Å². The third-order valence-electron chi connectivity index (χ3n) is 3.75. The standard InChI is InChI=1S/C18H16BrCl2N3OS.ClH/c1-23(2)7-8-24(17(25)13-5-4-12(20)10-14(13)21)18-22-15-6-3-11(19)9-16(15)26-18;/h3-6,9-10H,7-8H2,1-2H3;1H. The molecule has 2 aromatic carbocycles. The van der Waals surface area contributed by atoms with Crippen LogP contribution in [-0.2, 0) is 0 Å². The predicted octanol–water partition coefficient (Wildman–Crippen LogP) is 6.00. The summed E-state index contributed by atoms with van der Waals surface area (Å²) >= 11 is 17.2. The summed E-state index contributed by atoms with van der Waals surface area (Å²) in [5.74, 6) is -0.188. The van der Waals surface area contributed by atoms with Crippen LogP contribution in [0.25, 0.3) is 10.2 Å². The molecule has 144 valence electrons. The molecule has 1 heterocycles. The highest BCUT2D eigenvalue weighted by Crippen LogP contribution is 2.32. The Morgan fingerprint density at radius 3 is 2.56 bits per heavy atom. The predicted molar refractivity (Wildman–Crippen MR) is 121 cm³/mol. The van der Waals surface area contributed by atoms with Crippen molar-refractivity contribution in [2.75, 3.05) is 32.1 Å². The third kappa shape index (κ3) is 5.34. The van der Waals surface area contributed by atoms with Gasteiger partial charge in [-0.25, -0.2) is 4.98 Å². The first kappa shape index (κ1) is 22.4. The van der Waals surface area contributed by atoms with Gasteiger partial charge in [-0.1, -0.05) is 50.5 Å². The number of halogens is 4. The van der Waals surface area contributed by atoms with Crippen molar-refractivity contribution in [3.63, 3.8) is 0 Å². The molecule has 0 radical (unpaired) electrons. The van der Waals surface area contributed by atoms with Crippen LogP contribution in [0.1, 0.15) is 10.4 Å². The molecule has 1 aromatic heterocycles. The Morgan fingerprint density at radius 2 is 1.89 bits per heavy atom. The van der Waals surface area contributed by atoms with E-state index in [1.807, 2.05) is 37.2 Å². The Hall–Kier alpha value is -0.890. The second-order valence-electron chi connectivity index (χ2n) is 5.99. The van der Waals surface area contributed by atoms with E-state index >= 15 is 0 Å². The number of carbonyl (C=O) groups excluding carboxylic acids is 1. The number of nitrogens with zero attached hydrogens (tertiary/aromatic N) is 3. The van der Waals surface area contributed by atoms with Gasteiger partial charge in [-0.3, -0.25) is 9.69 Å². The zero-order valence-corrected chi connectivity index (χ0v) is 19.3. The van der Waals surface area contributed by atoms with Crippen LogP contribution >= 0.6 is 62.9 Å². The fourth-order valence-corrected chi connectivity index (χ4v) is 4.43. The first-order valence-corrected chi connectivity index (χ1v) is 10.2. The summed E-state index contributed by atoms with van der Waals surface area (Å²) < 4.78 is 1.99. The Bertz CT molecular complexity index is 964. The van der Waals surface area contributed by atoms with Gasteiger partial charge in [0.25, 0.3) is 5.91 Å². The molecule has 0 N–H and O–H groups in total. The van der Waals surface area contributed by atoms with Crippen LogP contribution in [0, 0.1) is 0 Å². The van der Waals surface area contributed by atoms with Gasteiger partial charge in [0.1, 0.15) is 0 Å². The maximum Gasteiger partial charge on any atom is 0.261 e. The molecule has 0 atom stereocenters. The largest absolute Gasteiger partial charge is 0.308 e. The van der Waals surface area contributed by atoms with E-state index in [0.717, 1.165) is 14.7 Å². The zero-order valence-electron chi connectivity index (χ0n) is 14.6. The van der Waals surface area contributed by atoms with E-state index in [0.29, 0.717) is 33.8 Å². The summed E-state index contributed by atoms with van der Waals surface area (Å²) in [6.45, 7) is 1.21. The van der Waals surface area contributed by atoms with Crippen LogP contribution in [0.5, 0.6) is 0 Å². The first-order chi connectivity index (χ1) is 12.3. The maximum absolute atomic E-state index is 13.2. The molecule has 0 unspecified atom stereocenters. The van der Waals surface area contributed by atoms with Gasteiger partial charge >= 0.3 is 0 Å². The lowest BCUT2D eigenvalue weighted by Gasteiger charge is -2.22. The van der Waals surface area contributed by atoms with Crippen molar-refractivity contribution in [2.24, 2.45) is 0 Å². The highest BCUT2D eigenvalue weighted by molar-refractivity contribution is 9.10. The van der Waals surface area contributed by atoms with E-state index in [1.165, 1.54) is 11.3 Å². The van der Waals surface area contributed by atoms with E-state index in [2.05, 4.69) is 20.9 Å². The lowest BCUT2D eigenvalue weighted by atomic mass is 10.2. The Labute approximate surface area is 186 Å². The number of carbonyl (C=O) groups is 1. The minimum atomic E-state index is -0.188. The molecule has 0 saturated carbocycles. The van der Waals surface area contributed by atoms with Crippen molar-refractivity contribution in [1.82, 2.24) is 9.88 Å². The molecule has 1 amide bonds. The van der Waals surface area contributed by atoms with E-state index in [4.69, 9.17) is 23.2 Å². The number of thiazole rings is 1. The summed E-state index contributed by atoms with van der Waals surface area (Å²) in [6.07, 6.45) is 0. The molecule has 0 aliphatic rings. The lowest BCUT2D eigenvalue weighted by Crippen LogP contribution is -2.36. The minimum Gasteiger partial charge on any atom is -0.308 e. The summed E-state index contributed by atoms with van der Waals surface area (Å²) in [7, 11) is 3.93. The van der Waals surface area contributed by atoms with Crippen LogP contribution in [0.3, 0.4) is 0 Å². The molecule has 9 heteroatoms. The Morgan fingerprint density at radius 1 is 1.15 bits per heavy atom. The van der Waals surface area contributed by atoms with Gasteiger partial charge in [0, 0.05) is 22.6 Å². The number of anilines is 1. The topological polar surface area (TPSA) is 36.4 Å². The number of aromatic nitrogens is 1. The molecule has 0 fully saturated rings. The number of rotatable bonds is 5. The van der Waals surface area contributed by atoms with E-state index in [1.54, 1.807) is 23.1 Å². The van der Waals surface area contributed by atoms with Crippen LogP contribution in [0.15, 0.2) is 40.9 Å². The summed E-state index contributed by atoms with van der Waals surface area (Å²) in [5, 5.41) is 1.48. The van der Waals surface area contributed by atoms with Crippen molar-refractivity contribution < 1.29 is 4.79 Å². The van der Waals surface area contributed by atoms with Crippen LogP contribution in [-0.4, -0.2) is 43.0 Å². The number of benzene rings is 2. The molecule has 0 bridgehead atoms. The number of hydrogen-bond acceptors (Lipinski definition) is 4. The van der Waals surface area contributed by atoms with E-state index < -0.39 is 0 Å². The molecule has 0 spiro atoms. The van der Waals surface area contributed by atoms with Gasteiger partial charge in [-0.05, 0) is 50.5 Å². The van der Waals surface area contributed by atoms with E-state index in [9.17, 15) is 4.79 Å². The SMILES string of the molecule is CN(C)CCN(C(=O)c1ccc(Cl)cc1Cl)c1nc2ccc(Br)cc2s1.Cl. The molecule has 0 saturated heterocycles. The van der Waals surface area contributed by atoms with Crippen molar-refractivity contribution in [1.29, 1.82) is 0 Å². The molecule has 4 nitrogen and oxygen atoms in total. The smallest absolute Gasteiger partial charge is 0.261 e. The maximum atomic E-state index is 13.2. The average Bonchev–Trinajstić information content (AvgIpc) is 2.97. The molecule has 0 aliphatic heterocycles. The summed E-state index contributed by atoms with van der Waals surface area (Å²) in [5.41, 5.74) is 1.27. The lowest BCUT2D eigenvalue weighted by molar-refractivity contribution is 0.0985. The summed E-state index contributed by atoms with van der Waals surface area (Å²) in [6, 6.07) is 10.8. The normalized spacial score (nSPS) is 10.9. The Balaban J connectivity index is 0.00000261. The molecule has 3 rings (SSSR count).